The van der Waals surface area contributed by atoms with Crippen LogP contribution in [0.1, 0.15) is 6.92 Å². The van der Waals surface area contributed by atoms with Gasteiger partial charge in [0, 0.05) is 39.0 Å². The number of carboxylic acid groups (broad SMARTS) is 1. The lowest BCUT2D eigenvalue weighted by Crippen LogP contribution is -2.72. The number of carboxylic acids is 1. The minimum absolute atomic E-state index is 0.149. The van der Waals surface area contributed by atoms with Crippen LogP contribution in [0.4, 0.5) is 0 Å². The van der Waals surface area contributed by atoms with Gasteiger partial charge in [0.1, 0.15) is 12.5 Å². The van der Waals surface area contributed by atoms with E-state index < -0.39 is 11.6 Å². The Morgan fingerprint density at radius 2 is 2.06 bits per heavy atom. The summed E-state index contributed by atoms with van der Waals surface area (Å²) in [5.74, 6) is -1.35. The summed E-state index contributed by atoms with van der Waals surface area (Å²) in [5, 5.41) is 12.6. The first-order valence-corrected chi connectivity index (χ1v) is 5.58. The van der Waals surface area contributed by atoms with Crippen LogP contribution in [-0.4, -0.2) is 52.1 Å². The highest BCUT2D eigenvalue weighted by Gasteiger charge is 2.51. The van der Waals surface area contributed by atoms with E-state index in [1.165, 1.54) is 41.6 Å². The fourth-order valence-electron chi connectivity index (χ4n) is 2.23. The van der Waals surface area contributed by atoms with Crippen molar-refractivity contribution in [3.8, 4) is 0 Å². The first-order chi connectivity index (χ1) is 8.59. The molecule has 1 fully saturated rings. The molecular formula is C11H15N3O4. The predicted octanol–water partition coefficient (Wildman–Crippen LogP) is -0.506. The number of piperazine rings is 1. The highest BCUT2D eigenvalue weighted by Crippen LogP contribution is 2.26. The number of hydrogen-bond donors (Lipinski definition) is 2. The average Bonchev–Trinajstić information content (AvgIpc) is 2.39. The van der Waals surface area contributed by atoms with Gasteiger partial charge in [0.2, 0.25) is 11.6 Å². The molecule has 2 aliphatic rings. The van der Waals surface area contributed by atoms with Gasteiger partial charge < -0.3 is 25.0 Å². The van der Waals surface area contributed by atoms with Gasteiger partial charge in [-0.1, -0.05) is 0 Å². The molecule has 0 aromatic carbocycles. The number of ether oxygens (including phenoxy) is 1. The van der Waals surface area contributed by atoms with Crippen molar-refractivity contribution >= 4 is 11.9 Å². The lowest BCUT2D eigenvalue weighted by Gasteiger charge is -2.48. The maximum Gasteiger partial charge on any atom is 0.352 e. The fourth-order valence-corrected chi connectivity index (χ4v) is 2.23. The van der Waals surface area contributed by atoms with Gasteiger partial charge in [-0.2, -0.15) is 0 Å². The molecule has 0 aromatic heterocycles. The number of nitrogens with one attached hydrogen (secondary N) is 1. The van der Waals surface area contributed by atoms with E-state index in [0.717, 1.165) is 0 Å². The summed E-state index contributed by atoms with van der Waals surface area (Å²) in [6.45, 7) is 2.44. The Morgan fingerprint density at radius 1 is 1.39 bits per heavy atom. The van der Waals surface area contributed by atoms with E-state index in [-0.39, 0.29) is 12.5 Å². The van der Waals surface area contributed by atoms with E-state index in [0.29, 0.717) is 13.1 Å². The minimum atomic E-state index is -1.44. The second-order valence-electron chi connectivity index (χ2n) is 4.08. The van der Waals surface area contributed by atoms with Crippen molar-refractivity contribution in [2.24, 2.45) is 0 Å². The van der Waals surface area contributed by atoms with Crippen molar-refractivity contribution in [1.82, 2.24) is 15.1 Å². The molecule has 1 amide bonds. The van der Waals surface area contributed by atoms with Crippen LogP contribution in [0.15, 0.2) is 24.9 Å². The van der Waals surface area contributed by atoms with Crippen molar-refractivity contribution < 1.29 is 19.4 Å². The van der Waals surface area contributed by atoms with Crippen LogP contribution in [0.25, 0.3) is 0 Å². The van der Waals surface area contributed by atoms with Crippen molar-refractivity contribution in [3.05, 3.63) is 24.9 Å². The van der Waals surface area contributed by atoms with Gasteiger partial charge in [0.25, 0.3) is 0 Å². The molecule has 1 atom stereocenters. The standard InChI is InChI=1S/C11H15N3O4/c1-9(15)14-3-2-12-8-11(14,10(16)17)13-4-6-18-7-5-13/h4-7,12H,2-3,8H2,1H3,(H,16,17). The fraction of sp³-hybridized carbons (Fsp3) is 0.455. The van der Waals surface area contributed by atoms with Gasteiger partial charge in [0.15, 0.2) is 0 Å². The normalized spacial score (nSPS) is 26.9. The van der Waals surface area contributed by atoms with Crippen LogP contribution in [0, 0.1) is 0 Å². The SMILES string of the molecule is CC(=O)N1CCNCC1(C(=O)O)N1C=COC=C1. The van der Waals surface area contributed by atoms with Crippen molar-refractivity contribution in [1.29, 1.82) is 0 Å². The summed E-state index contributed by atoms with van der Waals surface area (Å²) in [6.07, 6.45) is 5.74. The van der Waals surface area contributed by atoms with Gasteiger partial charge in [-0.05, 0) is 0 Å². The zero-order valence-corrected chi connectivity index (χ0v) is 10.00. The van der Waals surface area contributed by atoms with Crippen LogP contribution in [0.2, 0.25) is 0 Å². The van der Waals surface area contributed by atoms with E-state index in [1.807, 2.05) is 0 Å². The zero-order chi connectivity index (χ0) is 13.2. The van der Waals surface area contributed by atoms with Gasteiger partial charge in [-0.25, -0.2) is 4.79 Å². The molecular weight excluding hydrogens is 238 g/mol. The summed E-state index contributed by atoms with van der Waals surface area (Å²) in [7, 11) is 0. The molecule has 7 heteroatoms. The molecule has 2 N–H and O–H groups in total. The number of carbonyl (C=O) groups is 2. The Balaban J connectivity index is 2.42. The molecule has 0 bridgehead atoms. The lowest BCUT2D eigenvalue weighted by atomic mass is 10.0. The van der Waals surface area contributed by atoms with Crippen LogP contribution in [0.5, 0.6) is 0 Å². The average molecular weight is 253 g/mol. The third-order valence-corrected chi connectivity index (χ3v) is 3.08. The van der Waals surface area contributed by atoms with Gasteiger partial charge in [-0.3, -0.25) is 4.79 Å². The monoisotopic (exact) mass is 253 g/mol. The Bertz CT molecular complexity index is 409. The number of amides is 1. The number of rotatable bonds is 2. The summed E-state index contributed by atoms with van der Waals surface area (Å²) in [5.41, 5.74) is -1.44. The van der Waals surface area contributed by atoms with Gasteiger partial charge >= 0.3 is 5.97 Å². The van der Waals surface area contributed by atoms with E-state index in [2.05, 4.69) is 5.32 Å². The smallest absolute Gasteiger partial charge is 0.352 e. The summed E-state index contributed by atoms with van der Waals surface area (Å²) < 4.78 is 4.89. The Hall–Kier alpha value is -2.02. The van der Waals surface area contributed by atoms with Crippen LogP contribution < -0.4 is 5.32 Å². The second-order valence-corrected chi connectivity index (χ2v) is 4.08. The third-order valence-electron chi connectivity index (χ3n) is 3.08. The largest absolute Gasteiger partial charge is 0.478 e. The molecule has 2 rings (SSSR count). The molecule has 0 radical (unpaired) electrons. The number of carbonyl (C=O) groups excluding carboxylic acids is 1. The predicted molar refractivity (Wildman–Crippen MR) is 61.8 cm³/mol. The molecule has 0 aliphatic carbocycles. The Labute approximate surface area is 104 Å². The third kappa shape index (κ3) is 1.82. The van der Waals surface area contributed by atoms with Crippen molar-refractivity contribution in [2.45, 2.75) is 12.6 Å². The lowest BCUT2D eigenvalue weighted by molar-refractivity contribution is -0.171. The van der Waals surface area contributed by atoms with E-state index >= 15 is 0 Å². The summed E-state index contributed by atoms with van der Waals surface area (Å²) in [4.78, 5) is 26.2. The molecule has 0 aromatic rings. The molecule has 0 saturated carbocycles. The molecule has 1 unspecified atom stereocenters. The maximum atomic E-state index is 11.7. The van der Waals surface area contributed by atoms with Gasteiger partial charge in [0.05, 0.1) is 0 Å². The van der Waals surface area contributed by atoms with Crippen molar-refractivity contribution in [3.63, 3.8) is 0 Å². The molecule has 2 aliphatic heterocycles. The zero-order valence-electron chi connectivity index (χ0n) is 10.00. The van der Waals surface area contributed by atoms with E-state index in [1.54, 1.807) is 0 Å². The number of hydrogen-bond acceptors (Lipinski definition) is 5. The van der Waals surface area contributed by atoms with Crippen LogP contribution in [-0.2, 0) is 14.3 Å². The summed E-state index contributed by atoms with van der Waals surface area (Å²) >= 11 is 0. The van der Waals surface area contributed by atoms with Crippen molar-refractivity contribution in [2.75, 3.05) is 19.6 Å². The highest BCUT2D eigenvalue weighted by atomic mass is 16.5. The summed E-state index contributed by atoms with van der Waals surface area (Å²) in [6, 6.07) is 0. The number of nitrogens with zero attached hydrogens (tertiary/aromatic N) is 2. The first kappa shape index (κ1) is 12.4. The maximum absolute atomic E-state index is 11.7. The topological polar surface area (TPSA) is 82.1 Å². The first-order valence-electron chi connectivity index (χ1n) is 5.58. The molecule has 7 nitrogen and oxygen atoms in total. The molecule has 1 saturated heterocycles. The molecule has 0 spiro atoms. The molecule has 18 heavy (non-hydrogen) atoms. The second kappa shape index (κ2) is 4.69. The number of aliphatic carboxylic acids is 1. The highest BCUT2D eigenvalue weighted by molar-refractivity contribution is 5.86. The Morgan fingerprint density at radius 3 is 2.61 bits per heavy atom. The van der Waals surface area contributed by atoms with Crippen LogP contribution in [0.3, 0.4) is 0 Å². The molecule has 2 heterocycles. The Kier molecular flexibility index (Phi) is 3.24. The quantitative estimate of drug-likeness (QED) is 0.690. The van der Waals surface area contributed by atoms with E-state index in [9.17, 15) is 14.7 Å². The molecule has 98 valence electrons. The minimum Gasteiger partial charge on any atom is -0.478 e. The van der Waals surface area contributed by atoms with E-state index in [4.69, 9.17) is 4.74 Å². The van der Waals surface area contributed by atoms with Gasteiger partial charge in [-0.15, -0.1) is 0 Å². The van der Waals surface area contributed by atoms with Crippen LogP contribution >= 0.6 is 0 Å².